The summed E-state index contributed by atoms with van der Waals surface area (Å²) in [6.07, 6.45) is 1.52. The highest BCUT2D eigenvalue weighted by molar-refractivity contribution is 5.94. The highest BCUT2D eigenvalue weighted by Crippen LogP contribution is 2.12. The molecule has 4 heteroatoms. The Hall–Kier alpha value is -2.20. The summed E-state index contributed by atoms with van der Waals surface area (Å²) in [4.78, 5) is 16.0. The third-order valence-corrected chi connectivity index (χ3v) is 2.89. The van der Waals surface area contributed by atoms with Crippen molar-refractivity contribution < 1.29 is 9.90 Å². The summed E-state index contributed by atoms with van der Waals surface area (Å²) in [6, 6.07) is 12.9. The lowest BCUT2D eigenvalue weighted by molar-refractivity contribution is 0.0939. The second kappa shape index (κ2) is 6.11. The number of carbonyl (C=O) groups is 1. The van der Waals surface area contributed by atoms with Gasteiger partial charge in [-0.15, -0.1) is 0 Å². The highest BCUT2D eigenvalue weighted by Gasteiger charge is 2.11. The van der Waals surface area contributed by atoms with Crippen LogP contribution in [0.3, 0.4) is 0 Å². The Kier molecular flexibility index (Phi) is 4.26. The van der Waals surface area contributed by atoms with Gasteiger partial charge in [0, 0.05) is 11.8 Å². The minimum Gasteiger partial charge on any atom is -0.390 e. The van der Waals surface area contributed by atoms with E-state index in [1.54, 1.807) is 12.1 Å². The zero-order chi connectivity index (χ0) is 13.7. The summed E-state index contributed by atoms with van der Waals surface area (Å²) in [6.45, 7) is 1.76. The van der Waals surface area contributed by atoms with Crippen molar-refractivity contribution in [3.05, 3.63) is 65.5 Å². The Balaban J connectivity index is 2.08. The van der Waals surface area contributed by atoms with Crippen LogP contribution in [0, 0.1) is 0 Å². The monoisotopic (exact) mass is 256 g/mol. The van der Waals surface area contributed by atoms with E-state index < -0.39 is 0 Å². The average molecular weight is 256 g/mol. The van der Waals surface area contributed by atoms with Crippen LogP contribution in [0.25, 0.3) is 0 Å². The van der Waals surface area contributed by atoms with Crippen LogP contribution in [0.15, 0.2) is 48.7 Å². The second-order valence-corrected chi connectivity index (χ2v) is 4.30. The molecule has 0 spiro atoms. The molecule has 0 bridgehead atoms. The maximum Gasteiger partial charge on any atom is 0.251 e. The minimum absolute atomic E-state index is 0.0700. The first-order valence-electron chi connectivity index (χ1n) is 6.12. The molecule has 1 amide bonds. The van der Waals surface area contributed by atoms with Gasteiger partial charge in [-0.1, -0.05) is 30.3 Å². The maximum atomic E-state index is 12.1. The Bertz CT molecular complexity index is 555. The molecule has 0 aliphatic rings. The molecule has 0 fully saturated rings. The summed E-state index contributed by atoms with van der Waals surface area (Å²) in [7, 11) is 0. The third kappa shape index (κ3) is 3.39. The van der Waals surface area contributed by atoms with Gasteiger partial charge in [0.15, 0.2) is 0 Å². The molecule has 0 aliphatic carbocycles. The van der Waals surface area contributed by atoms with E-state index in [0.29, 0.717) is 11.3 Å². The highest BCUT2D eigenvalue weighted by atomic mass is 16.3. The van der Waals surface area contributed by atoms with Crippen molar-refractivity contribution in [3.8, 4) is 0 Å². The average Bonchev–Trinajstić information content (AvgIpc) is 2.48. The lowest BCUT2D eigenvalue weighted by atomic mass is 10.1. The number of pyridine rings is 1. The largest absolute Gasteiger partial charge is 0.390 e. The van der Waals surface area contributed by atoms with E-state index in [1.165, 1.54) is 6.20 Å². The van der Waals surface area contributed by atoms with E-state index in [1.807, 2.05) is 37.3 Å². The Labute approximate surface area is 112 Å². The molecule has 1 unspecified atom stereocenters. The normalized spacial score (nSPS) is 11.9. The van der Waals surface area contributed by atoms with E-state index in [4.69, 9.17) is 5.11 Å². The predicted octanol–water partition coefficient (Wildman–Crippen LogP) is 2.06. The Morgan fingerprint density at radius 3 is 2.74 bits per heavy atom. The van der Waals surface area contributed by atoms with E-state index in [0.717, 1.165) is 5.56 Å². The molecule has 2 N–H and O–H groups in total. The van der Waals surface area contributed by atoms with Gasteiger partial charge < -0.3 is 10.4 Å². The van der Waals surface area contributed by atoms with E-state index >= 15 is 0 Å². The van der Waals surface area contributed by atoms with Gasteiger partial charge in [0.25, 0.3) is 5.91 Å². The first-order valence-corrected chi connectivity index (χ1v) is 6.12. The summed E-state index contributed by atoms with van der Waals surface area (Å²) in [5, 5.41) is 11.9. The molecule has 2 rings (SSSR count). The van der Waals surface area contributed by atoms with E-state index in [2.05, 4.69) is 10.3 Å². The molecule has 0 radical (unpaired) electrons. The molecule has 0 saturated carbocycles. The van der Waals surface area contributed by atoms with Crippen LogP contribution in [-0.2, 0) is 6.61 Å². The number of aromatic nitrogens is 1. The van der Waals surface area contributed by atoms with Crippen LogP contribution in [0.4, 0.5) is 0 Å². The van der Waals surface area contributed by atoms with Crippen molar-refractivity contribution in [2.45, 2.75) is 19.6 Å². The number of nitrogens with one attached hydrogen (secondary N) is 1. The van der Waals surface area contributed by atoms with Gasteiger partial charge in [-0.25, -0.2) is 0 Å². The van der Waals surface area contributed by atoms with Crippen molar-refractivity contribution in [3.63, 3.8) is 0 Å². The molecule has 0 aliphatic heterocycles. The van der Waals surface area contributed by atoms with Gasteiger partial charge >= 0.3 is 0 Å². The van der Waals surface area contributed by atoms with Crippen LogP contribution < -0.4 is 5.32 Å². The first kappa shape index (κ1) is 13.2. The second-order valence-electron chi connectivity index (χ2n) is 4.30. The van der Waals surface area contributed by atoms with Crippen LogP contribution >= 0.6 is 0 Å². The quantitative estimate of drug-likeness (QED) is 0.880. The number of hydrogen-bond acceptors (Lipinski definition) is 3. The Morgan fingerprint density at radius 1 is 1.32 bits per heavy atom. The SMILES string of the molecule is CC(NC(=O)c1ccnc(CO)c1)c1ccccc1. The number of amides is 1. The van der Waals surface area contributed by atoms with Crippen LogP contribution in [0.2, 0.25) is 0 Å². The summed E-state index contributed by atoms with van der Waals surface area (Å²) in [5.74, 6) is -0.173. The number of carbonyl (C=O) groups excluding carboxylic acids is 1. The van der Waals surface area contributed by atoms with E-state index in [-0.39, 0.29) is 18.6 Å². The maximum absolute atomic E-state index is 12.1. The van der Waals surface area contributed by atoms with Gasteiger partial charge in [-0.3, -0.25) is 9.78 Å². The summed E-state index contributed by atoms with van der Waals surface area (Å²) in [5.41, 5.74) is 2.04. The molecule has 1 aromatic heterocycles. The van der Waals surface area contributed by atoms with Crippen molar-refractivity contribution in [1.82, 2.24) is 10.3 Å². The van der Waals surface area contributed by atoms with Crippen molar-refractivity contribution in [1.29, 1.82) is 0 Å². The fraction of sp³-hybridized carbons (Fsp3) is 0.200. The van der Waals surface area contributed by atoms with Crippen molar-refractivity contribution >= 4 is 5.91 Å². The molecule has 0 saturated heterocycles. The molecule has 1 heterocycles. The van der Waals surface area contributed by atoms with E-state index in [9.17, 15) is 4.79 Å². The van der Waals surface area contributed by atoms with Crippen LogP contribution in [-0.4, -0.2) is 16.0 Å². The number of hydrogen-bond donors (Lipinski definition) is 2. The molecule has 4 nitrogen and oxygen atoms in total. The molecule has 19 heavy (non-hydrogen) atoms. The molecule has 98 valence electrons. The fourth-order valence-electron chi connectivity index (χ4n) is 1.81. The van der Waals surface area contributed by atoms with Crippen molar-refractivity contribution in [2.24, 2.45) is 0 Å². The van der Waals surface area contributed by atoms with Gasteiger partial charge in [0.05, 0.1) is 18.3 Å². The fourth-order valence-corrected chi connectivity index (χ4v) is 1.81. The van der Waals surface area contributed by atoms with Gasteiger partial charge in [-0.2, -0.15) is 0 Å². The summed E-state index contributed by atoms with van der Waals surface area (Å²) < 4.78 is 0. The standard InChI is InChI=1S/C15H16N2O2/c1-11(12-5-3-2-4-6-12)17-15(19)13-7-8-16-14(9-13)10-18/h2-9,11,18H,10H2,1H3,(H,17,19). The minimum atomic E-state index is -0.173. The van der Waals surface area contributed by atoms with Crippen molar-refractivity contribution in [2.75, 3.05) is 0 Å². The number of aliphatic hydroxyl groups excluding tert-OH is 1. The number of rotatable bonds is 4. The van der Waals surface area contributed by atoms with Gasteiger partial charge in [0.2, 0.25) is 0 Å². The van der Waals surface area contributed by atoms with Gasteiger partial charge in [0.1, 0.15) is 0 Å². The van der Waals surface area contributed by atoms with Crippen LogP contribution in [0.1, 0.15) is 34.6 Å². The molecular weight excluding hydrogens is 240 g/mol. The third-order valence-electron chi connectivity index (χ3n) is 2.89. The molecule has 1 aromatic carbocycles. The Morgan fingerprint density at radius 2 is 2.05 bits per heavy atom. The number of nitrogens with zero attached hydrogens (tertiary/aromatic N) is 1. The zero-order valence-corrected chi connectivity index (χ0v) is 10.7. The zero-order valence-electron chi connectivity index (χ0n) is 10.7. The summed E-state index contributed by atoms with van der Waals surface area (Å²) >= 11 is 0. The smallest absolute Gasteiger partial charge is 0.251 e. The predicted molar refractivity (Wildman–Crippen MR) is 72.5 cm³/mol. The number of aliphatic hydroxyl groups is 1. The lowest BCUT2D eigenvalue weighted by Crippen LogP contribution is -2.26. The molecular formula is C15H16N2O2. The van der Waals surface area contributed by atoms with Gasteiger partial charge in [-0.05, 0) is 24.6 Å². The number of benzene rings is 1. The molecule has 1 atom stereocenters. The topological polar surface area (TPSA) is 62.2 Å². The van der Waals surface area contributed by atoms with Crippen LogP contribution in [0.5, 0.6) is 0 Å². The first-order chi connectivity index (χ1) is 9.20. The molecule has 2 aromatic rings. The lowest BCUT2D eigenvalue weighted by Gasteiger charge is -2.14.